The Balaban J connectivity index is 1.55. The third kappa shape index (κ3) is 4.26. The predicted molar refractivity (Wildman–Crippen MR) is 105 cm³/mol. The maximum atomic E-state index is 13.1. The van der Waals surface area contributed by atoms with Crippen LogP contribution in [0.4, 0.5) is 10.3 Å². The molecule has 150 valence electrons. The summed E-state index contributed by atoms with van der Waals surface area (Å²) in [6.45, 7) is 2.38. The van der Waals surface area contributed by atoms with E-state index in [4.69, 9.17) is 10.2 Å². The molecule has 0 aliphatic carbocycles. The lowest BCUT2D eigenvalue weighted by atomic mass is 10.0. The summed E-state index contributed by atoms with van der Waals surface area (Å²) < 4.78 is 19.1. The van der Waals surface area contributed by atoms with Gasteiger partial charge >= 0.3 is 0 Å². The van der Waals surface area contributed by atoms with Crippen LogP contribution in [0.15, 0.2) is 40.9 Å². The largest absolute Gasteiger partial charge is 0.443 e. The number of oxazole rings is 1. The molecule has 1 fully saturated rings. The number of amides is 1. The zero-order valence-electron chi connectivity index (χ0n) is 16.1. The predicted octanol–water partition coefficient (Wildman–Crippen LogP) is 3.45. The second-order valence-electron chi connectivity index (χ2n) is 7.23. The average molecular weight is 395 g/mol. The maximum absolute atomic E-state index is 13.1. The first-order valence-electron chi connectivity index (χ1n) is 9.61. The van der Waals surface area contributed by atoms with Crippen molar-refractivity contribution < 1.29 is 13.6 Å². The van der Waals surface area contributed by atoms with E-state index in [-0.39, 0.29) is 29.4 Å². The molecule has 4 rings (SSSR count). The Morgan fingerprint density at radius 3 is 2.83 bits per heavy atom. The highest BCUT2D eigenvalue weighted by Crippen LogP contribution is 2.32. The molecule has 2 aromatic heterocycles. The number of anilines is 1. The van der Waals surface area contributed by atoms with E-state index in [0.29, 0.717) is 30.3 Å². The molecular weight excluding hydrogens is 373 g/mol. The van der Waals surface area contributed by atoms with Crippen molar-refractivity contribution in [2.24, 2.45) is 0 Å². The molecule has 0 unspecified atom stereocenters. The van der Waals surface area contributed by atoms with Crippen molar-refractivity contribution >= 4 is 11.9 Å². The second-order valence-corrected chi connectivity index (χ2v) is 7.23. The van der Waals surface area contributed by atoms with Crippen molar-refractivity contribution in [2.75, 3.05) is 12.3 Å². The van der Waals surface area contributed by atoms with E-state index in [9.17, 15) is 9.18 Å². The van der Waals surface area contributed by atoms with Crippen molar-refractivity contribution in [3.05, 3.63) is 70.9 Å². The van der Waals surface area contributed by atoms with E-state index in [1.165, 1.54) is 12.1 Å². The highest BCUT2D eigenvalue weighted by atomic mass is 19.1. The van der Waals surface area contributed by atoms with Gasteiger partial charge in [-0.15, -0.1) is 0 Å². The maximum Gasteiger partial charge on any atom is 0.273 e. The second kappa shape index (κ2) is 7.98. The number of halogens is 1. The highest BCUT2D eigenvalue weighted by molar-refractivity contribution is 5.93. The molecule has 7 nitrogen and oxygen atoms in total. The number of nitrogens with zero attached hydrogens (tertiary/aromatic N) is 4. The van der Waals surface area contributed by atoms with Gasteiger partial charge in [-0.25, -0.2) is 19.3 Å². The molecule has 2 N–H and O–H groups in total. The van der Waals surface area contributed by atoms with Gasteiger partial charge in [0.05, 0.1) is 6.20 Å². The minimum absolute atomic E-state index is 0.0830. The van der Waals surface area contributed by atoms with Crippen LogP contribution < -0.4 is 5.73 Å². The van der Waals surface area contributed by atoms with Gasteiger partial charge in [0.25, 0.3) is 5.91 Å². The summed E-state index contributed by atoms with van der Waals surface area (Å²) in [6.07, 6.45) is 4.83. The Labute approximate surface area is 167 Å². The lowest BCUT2D eigenvalue weighted by Gasteiger charge is -2.33. The number of hydrogen-bond donors (Lipinski definition) is 1. The summed E-state index contributed by atoms with van der Waals surface area (Å²) in [5, 5.41) is 0. The van der Waals surface area contributed by atoms with E-state index in [2.05, 4.69) is 15.0 Å². The van der Waals surface area contributed by atoms with E-state index >= 15 is 0 Å². The van der Waals surface area contributed by atoms with Gasteiger partial charge in [0, 0.05) is 18.7 Å². The number of aryl methyl sites for hydroxylation is 1. The topological polar surface area (TPSA) is 98.1 Å². The van der Waals surface area contributed by atoms with Gasteiger partial charge in [0.1, 0.15) is 23.3 Å². The van der Waals surface area contributed by atoms with Crippen molar-refractivity contribution in [3.8, 4) is 0 Å². The third-order valence-electron chi connectivity index (χ3n) is 5.00. The van der Waals surface area contributed by atoms with Gasteiger partial charge in [-0.1, -0.05) is 12.1 Å². The van der Waals surface area contributed by atoms with Crippen LogP contribution >= 0.6 is 0 Å². The molecule has 8 heteroatoms. The average Bonchev–Trinajstić information content (AvgIpc) is 3.17. The summed E-state index contributed by atoms with van der Waals surface area (Å²) in [6, 6.07) is 7.66. The van der Waals surface area contributed by atoms with Crippen LogP contribution in [-0.2, 0) is 6.42 Å². The summed E-state index contributed by atoms with van der Waals surface area (Å²) in [5.41, 5.74) is 7.56. The molecule has 1 amide bonds. The Morgan fingerprint density at radius 2 is 2.07 bits per heavy atom. The van der Waals surface area contributed by atoms with Crippen LogP contribution in [0.25, 0.3) is 0 Å². The summed E-state index contributed by atoms with van der Waals surface area (Å²) >= 11 is 0. The van der Waals surface area contributed by atoms with Crippen LogP contribution in [-0.4, -0.2) is 32.3 Å². The van der Waals surface area contributed by atoms with Crippen molar-refractivity contribution in [1.82, 2.24) is 19.9 Å². The number of likely N-dealkylation sites (tertiary alicyclic amines) is 1. The summed E-state index contributed by atoms with van der Waals surface area (Å²) in [4.78, 5) is 27.4. The molecule has 3 aromatic rings. The van der Waals surface area contributed by atoms with Crippen molar-refractivity contribution in [2.45, 2.75) is 38.6 Å². The molecule has 29 heavy (non-hydrogen) atoms. The van der Waals surface area contributed by atoms with Gasteiger partial charge in [-0.2, -0.15) is 0 Å². The van der Waals surface area contributed by atoms with E-state index < -0.39 is 0 Å². The Morgan fingerprint density at radius 1 is 1.28 bits per heavy atom. The van der Waals surface area contributed by atoms with E-state index in [1.54, 1.807) is 36.2 Å². The van der Waals surface area contributed by atoms with E-state index in [1.807, 2.05) is 0 Å². The third-order valence-corrected chi connectivity index (χ3v) is 5.00. The minimum Gasteiger partial charge on any atom is -0.443 e. The summed E-state index contributed by atoms with van der Waals surface area (Å²) in [7, 11) is 0. The fourth-order valence-electron chi connectivity index (χ4n) is 3.64. The molecule has 0 spiro atoms. The molecule has 1 saturated heterocycles. The first-order chi connectivity index (χ1) is 14.0. The Hall–Kier alpha value is -3.29. The van der Waals surface area contributed by atoms with Crippen LogP contribution in [0.2, 0.25) is 0 Å². The van der Waals surface area contributed by atoms with Crippen LogP contribution in [0.5, 0.6) is 0 Å². The zero-order chi connectivity index (χ0) is 20.4. The standard InChI is InChI=1S/C21H22FN5O2/c1-13-10-17(26-21(23)25-13)20(28)27-9-3-2-4-18(27)19-24-12-16(29-19)11-14-5-7-15(22)8-6-14/h5-8,10,12,18H,2-4,9,11H2,1H3,(H2,23,25,26)/t18-/m0/s1. The quantitative estimate of drug-likeness (QED) is 0.726. The highest BCUT2D eigenvalue weighted by Gasteiger charge is 2.32. The number of hydrogen-bond acceptors (Lipinski definition) is 6. The first-order valence-corrected chi connectivity index (χ1v) is 9.61. The molecule has 0 radical (unpaired) electrons. The zero-order valence-corrected chi connectivity index (χ0v) is 16.1. The minimum atomic E-state index is -0.274. The van der Waals surface area contributed by atoms with Crippen LogP contribution in [0, 0.1) is 12.7 Å². The molecule has 1 aromatic carbocycles. The summed E-state index contributed by atoms with van der Waals surface area (Å²) in [5.74, 6) is 0.786. The number of nitrogens with two attached hydrogens (primary N) is 1. The SMILES string of the molecule is Cc1cc(C(=O)N2CCCC[C@H]2c2ncc(Cc3ccc(F)cc3)o2)nc(N)n1. The van der Waals surface area contributed by atoms with Gasteiger partial charge in [-0.05, 0) is 49.9 Å². The van der Waals surface area contributed by atoms with Crippen LogP contribution in [0.1, 0.15) is 58.7 Å². The fourth-order valence-corrected chi connectivity index (χ4v) is 3.64. The smallest absolute Gasteiger partial charge is 0.273 e. The first kappa shape index (κ1) is 19.0. The lowest BCUT2D eigenvalue weighted by molar-refractivity contribution is 0.0564. The van der Waals surface area contributed by atoms with E-state index in [0.717, 1.165) is 24.8 Å². The van der Waals surface area contributed by atoms with Crippen molar-refractivity contribution in [3.63, 3.8) is 0 Å². The fraction of sp³-hybridized carbons (Fsp3) is 0.333. The van der Waals surface area contributed by atoms with Gasteiger partial charge in [0.15, 0.2) is 0 Å². The van der Waals surface area contributed by atoms with Crippen molar-refractivity contribution in [1.29, 1.82) is 0 Å². The molecular formula is C21H22FN5O2. The monoisotopic (exact) mass is 395 g/mol. The number of benzene rings is 1. The molecule has 3 heterocycles. The number of piperidine rings is 1. The number of carbonyl (C=O) groups excluding carboxylic acids is 1. The molecule has 1 aliphatic heterocycles. The number of rotatable bonds is 4. The molecule has 0 saturated carbocycles. The van der Waals surface area contributed by atoms with Gasteiger partial charge in [0.2, 0.25) is 11.8 Å². The Bertz CT molecular complexity index is 998. The van der Waals surface area contributed by atoms with Gasteiger partial charge in [-0.3, -0.25) is 4.79 Å². The molecule has 1 atom stereocenters. The van der Waals surface area contributed by atoms with Crippen LogP contribution in [0.3, 0.4) is 0 Å². The van der Waals surface area contributed by atoms with Gasteiger partial charge < -0.3 is 15.1 Å². The lowest BCUT2D eigenvalue weighted by Crippen LogP contribution is -2.39. The molecule has 1 aliphatic rings. The molecule has 0 bridgehead atoms. The number of nitrogen functional groups attached to an aromatic ring is 1. The Kier molecular flexibility index (Phi) is 5.24. The number of carbonyl (C=O) groups is 1. The number of aromatic nitrogens is 3. The normalized spacial score (nSPS) is 16.8.